The van der Waals surface area contributed by atoms with Crippen molar-refractivity contribution < 1.29 is 4.79 Å². The number of rotatable bonds is 9. The van der Waals surface area contributed by atoms with Crippen LogP contribution in [-0.2, 0) is 12.5 Å². The van der Waals surface area contributed by atoms with Crippen molar-refractivity contribution in [3.8, 4) is 0 Å². The number of fused-ring (bicyclic) bond motifs is 1. The summed E-state index contributed by atoms with van der Waals surface area (Å²) in [7, 11) is 1.92. The fourth-order valence-corrected chi connectivity index (χ4v) is 5.36. The molecule has 0 aliphatic carbocycles. The number of hydrogen-bond donors (Lipinski definition) is 2. The molecule has 3 heterocycles. The summed E-state index contributed by atoms with van der Waals surface area (Å²) in [6.45, 7) is 15.4. The van der Waals surface area contributed by atoms with E-state index in [1.165, 1.54) is 12.0 Å². The maximum atomic E-state index is 12.4. The Morgan fingerprint density at radius 3 is 2.64 bits per heavy atom. The Morgan fingerprint density at radius 1 is 1.21 bits per heavy atom. The summed E-state index contributed by atoms with van der Waals surface area (Å²) >= 11 is 6.26. The van der Waals surface area contributed by atoms with Gasteiger partial charge >= 0.3 is 6.03 Å². The molecule has 4 rings (SSSR count). The van der Waals surface area contributed by atoms with E-state index in [4.69, 9.17) is 11.6 Å². The third-order valence-electron chi connectivity index (χ3n) is 7.47. The SMILES string of the molecule is CC(C)N(CCCNC(=O)Nc1ccc(C(C)(C)C)cc1)CC1CCCN(c2nc(Cl)nc3c2ncn3C)C1. The van der Waals surface area contributed by atoms with Crippen molar-refractivity contribution in [1.82, 2.24) is 29.7 Å². The fraction of sp³-hybridized carbons (Fsp3) is 0.586. The third-order valence-corrected chi connectivity index (χ3v) is 7.64. The molecule has 9 nitrogen and oxygen atoms in total. The number of piperidine rings is 1. The van der Waals surface area contributed by atoms with Crippen LogP contribution in [0.4, 0.5) is 16.3 Å². The second-order valence-electron chi connectivity index (χ2n) is 11.9. The minimum Gasteiger partial charge on any atom is -0.354 e. The predicted octanol–water partition coefficient (Wildman–Crippen LogP) is 5.45. The Bertz CT molecular complexity index is 1250. The number of hydrogen-bond acceptors (Lipinski definition) is 6. The van der Waals surface area contributed by atoms with Gasteiger partial charge in [0.05, 0.1) is 6.33 Å². The van der Waals surface area contributed by atoms with Gasteiger partial charge in [-0.3, -0.25) is 0 Å². The zero-order chi connectivity index (χ0) is 28.2. The molecule has 3 aromatic rings. The van der Waals surface area contributed by atoms with Crippen molar-refractivity contribution in [2.24, 2.45) is 13.0 Å². The third kappa shape index (κ3) is 7.60. The number of anilines is 2. The van der Waals surface area contributed by atoms with Crippen molar-refractivity contribution in [3.63, 3.8) is 0 Å². The normalized spacial score (nSPS) is 16.3. The molecule has 2 aromatic heterocycles. The van der Waals surface area contributed by atoms with Crippen molar-refractivity contribution >= 4 is 40.3 Å². The van der Waals surface area contributed by atoms with Crippen LogP contribution in [0.2, 0.25) is 5.28 Å². The molecule has 2 amide bonds. The Kier molecular flexibility index (Phi) is 9.33. The van der Waals surface area contributed by atoms with Crippen LogP contribution in [0, 0.1) is 5.92 Å². The second kappa shape index (κ2) is 12.5. The maximum absolute atomic E-state index is 12.4. The first-order valence-corrected chi connectivity index (χ1v) is 14.4. The van der Waals surface area contributed by atoms with Gasteiger partial charge in [0.15, 0.2) is 17.0 Å². The molecular formula is C29H43ClN8O. The highest BCUT2D eigenvalue weighted by Crippen LogP contribution is 2.29. The monoisotopic (exact) mass is 554 g/mol. The Labute approximate surface area is 237 Å². The zero-order valence-electron chi connectivity index (χ0n) is 24.2. The average Bonchev–Trinajstić information content (AvgIpc) is 3.25. The number of benzene rings is 1. The summed E-state index contributed by atoms with van der Waals surface area (Å²) in [5, 5.41) is 6.20. The van der Waals surface area contributed by atoms with Gasteiger partial charge in [0.2, 0.25) is 5.28 Å². The summed E-state index contributed by atoms with van der Waals surface area (Å²) in [6, 6.07) is 8.32. The molecule has 1 fully saturated rings. The number of aryl methyl sites for hydroxylation is 1. The van der Waals surface area contributed by atoms with E-state index in [2.05, 4.69) is 82.1 Å². The van der Waals surface area contributed by atoms with Crippen molar-refractivity contribution in [1.29, 1.82) is 0 Å². The molecule has 0 spiro atoms. The van der Waals surface area contributed by atoms with Crippen LogP contribution in [0.1, 0.15) is 59.4 Å². The lowest BCUT2D eigenvalue weighted by Crippen LogP contribution is -2.44. The molecule has 0 bridgehead atoms. The van der Waals surface area contributed by atoms with Crippen LogP contribution >= 0.6 is 11.6 Å². The first kappa shape index (κ1) is 29.1. The molecule has 1 atom stereocenters. The van der Waals surface area contributed by atoms with E-state index in [0.717, 1.165) is 61.7 Å². The van der Waals surface area contributed by atoms with Gasteiger partial charge < -0.3 is 25.0 Å². The van der Waals surface area contributed by atoms with Gasteiger partial charge in [0.1, 0.15) is 0 Å². The molecule has 10 heteroatoms. The van der Waals surface area contributed by atoms with Gasteiger partial charge in [-0.05, 0) is 73.7 Å². The van der Waals surface area contributed by atoms with Gasteiger partial charge in [0, 0.05) is 51.5 Å². The van der Waals surface area contributed by atoms with E-state index in [1.54, 1.807) is 6.33 Å². The number of aromatic nitrogens is 4. The highest BCUT2D eigenvalue weighted by atomic mass is 35.5. The van der Waals surface area contributed by atoms with E-state index in [1.807, 2.05) is 23.7 Å². The van der Waals surface area contributed by atoms with Crippen LogP contribution in [0.5, 0.6) is 0 Å². The largest absolute Gasteiger partial charge is 0.354 e. The highest BCUT2D eigenvalue weighted by Gasteiger charge is 2.26. The van der Waals surface area contributed by atoms with E-state index in [0.29, 0.717) is 18.5 Å². The van der Waals surface area contributed by atoms with E-state index < -0.39 is 0 Å². The molecule has 0 saturated carbocycles. The van der Waals surface area contributed by atoms with E-state index in [-0.39, 0.29) is 16.7 Å². The average molecular weight is 555 g/mol. The minimum absolute atomic E-state index is 0.0915. The lowest BCUT2D eigenvalue weighted by molar-refractivity contribution is 0.174. The topological polar surface area (TPSA) is 91.2 Å². The molecule has 2 N–H and O–H groups in total. The standard InChI is InChI=1S/C29H43ClN8O/c1-20(2)37(16-8-14-31-28(39)33-23-12-10-22(11-13-23)29(3,4)5)17-21-9-7-15-38(18-21)26-24-25(34-27(30)35-26)36(6)19-32-24/h10-13,19-21H,7-9,14-18H2,1-6H3,(H2,31,33,39). The molecule has 39 heavy (non-hydrogen) atoms. The van der Waals surface area contributed by atoms with Crippen LogP contribution in [-0.4, -0.2) is 69.2 Å². The molecule has 0 radical (unpaired) electrons. The molecule has 212 valence electrons. The van der Waals surface area contributed by atoms with Gasteiger partial charge in [-0.15, -0.1) is 0 Å². The number of urea groups is 1. The highest BCUT2D eigenvalue weighted by molar-refractivity contribution is 6.28. The number of amides is 2. The Hall–Kier alpha value is -2.91. The zero-order valence-corrected chi connectivity index (χ0v) is 24.9. The summed E-state index contributed by atoms with van der Waals surface area (Å²) in [5.41, 5.74) is 3.70. The van der Waals surface area contributed by atoms with Crippen molar-refractivity contribution in [2.45, 2.75) is 65.3 Å². The predicted molar refractivity (Wildman–Crippen MR) is 160 cm³/mol. The number of imidazole rings is 1. The quantitative estimate of drug-likeness (QED) is 0.270. The first-order chi connectivity index (χ1) is 18.5. The van der Waals surface area contributed by atoms with Crippen molar-refractivity contribution in [3.05, 3.63) is 41.4 Å². The number of nitrogens with zero attached hydrogens (tertiary/aromatic N) is 6. The van der Waals surface area contributed by atoms with Gasteiger partial charge in [-0.2, -0.15) is 9.97 Å². The van der Waals surface area contributed by atoms with Crippen LogP contribution < -0.4 is 15.5 Å². The maximum Gasteiger partial charge on any atom is 0.319 e. The number of carbonyl (C=O) groups excluding carboxylic acids is 1. The number of halogens is 1. The lowest BCUT2D eigenvalue weighted by atomic mass is 9.87. The van der Waals surface area contributed by atoms with E-state index >= 15 is 0 Å². The van der Waals surface area contributed by atoms with Gasteiger partial charge in [0.25, 0.3) is 0 Å². The fourth-order valence-electron chi connectivity index (χ4n) is 5.20. The number of nitrogens with one attached hydrogen (secondary N) is 2. The van der Waals surface area contributed by atoms with Gasteiger partial charge in [-0.25, -0.2) is 9.78 Å². The summed E-state index contributed by atoms with van der Waals surface area (Å²) in [4.78, 5) is 30.7. The van der Waals surface area contributed by atoms with Crippen LogP contribution in [0.3, 0.4) is 0 Å². The van der Waals surface area contributed by atoms with E-state index in [9.17, 15) is 4.79 Å². The smallest absolute Gasteiger partial charge is 0.319 e. The summed E-state index contributed by atoms with van der Waals surface area (Å²) in [5.74, 6) is 1.34. The molecule has 1 saturated heterocycles. The first-order valence-electron chi connectivity index (χ1n) is 14.0. The lowest BCUT2D eigenvalue weighted by Gasteiger charge is -2.37. The van der Waals surface area contributed by atoms with Gasteiger partial charge in [-0.1, -0.05) is 32.9 Å². The molecule has 1 aliphatic rings. The molecule has 1 unspecified atom stereocenters. The second-order valence-corrected chi connectivity index (χ2v) is 12.3. The Morgan fingerprint density at radius 2 is 1.95 bits per heavy atom. The van der Waals surface area contributed by atoms with Crippen LogP contribution in [0.25, 0.3) is 11.2 Å². The number of carbonyl (C=O) groups is 1. The molecule has 1 aromatic carbocycles. The molecule has 1 aliphatic heterocycles. The summed E-state index contributed by atoms with van der Waals surface area (Å²) < 4.78 is 1.88. The van der Waals surface area contributed by atoms with Crippen molar-refractivity contribution in [2.75, 3.05) is 42.9 Å². The Balaban J connectivity index is 1.26. The van der Waals surface area contributed by atoms with Crippen LogP contribution in [0.15, 0.2) is 30.6 Å². The minimum atomic E-state index is -0.165. The summed E-state index contributed by atoms with van der Waals surface area (Å²) in [6.07, 6.45) is 4.93. The molecular weight excluding hydrogens is 512 g/mol.